The molecule has 0 spiro atoms. The Bertz CT molecular complexity index is 784. The molecule has 1 saturated carbocycles. The summed E-state index contributed by atoms with van der Waals surface area (Å²) in [5.74, 6) is -0.817. The Balaban J connectivity index is 1.52. The maximum Gasteiger partial charge on any atom is 0.306 e. The summed E-state index contributed by atoms with van der Waals surface area (Å²) in [4.78, 5) is 31.2. The van der Waals surface area contributed by atoms with Crippen molar-refractivity contribution < 1.29 is 14.7 Å². The molecule has 2 fully saturated rings. The largest absolute Gasteiger partial charge is 0.481 e. The number of hydrogen-bond acceptors (Lipinski definition) is 4. The number of nitrogens with zero attached hydrogens (tertiary/aromatic N) is 2. The van der Waals surface area contributed by atoms with Crippen LogP contribution in [0.15, 0.2) is 24.3 Å². The van der Waals surface area contributed by atoms with E-state index in [0.29, 0.717) is 32.4 Å². The van der Waals surface area contributed by atoms with Crippen molar-refractivity contribution in [3.05, 3.63) is 29.3 Å². The number of para-hydroxylation sites is 1. The van der Waals surface area contributed by atoms with Crippen molar-refractivity contribution in [1.29, 1.82) is 0 Å². The Morgan fingerprint density at radius 1 is 1.19 bits per heavy atom. The third-order valence-electron chi connectivity index (χ3n) is 5.97. The van der Waals surface area contributed by atoms with Gasteiger partial charge in [0.25, 0.3) is 0 Å². The smallest absolute Gasteiger partial charge is 0.306 e. The molecule has 1 aliphatic heterocycles. The predicted molar refractivity (Wildman–Crippen MR) is 101 cm³/mol. The van der Waals surface area contributed by atoms with Crippen LogP contribution in [0.3, 0.4) is 0 Å². The van der Waals surface area contributed by atoms with Crippen LogP contribution in [-0.2, 0) is 16.0 Å². The molecule has 6 heteroatoms. The number of carboxylic acid groups (broad SMARTS) is 1. The molecule has 2 aromatic rings. The molecule has 0 unspecified atom stereocenters. The lowest BCUT2D eigenvalue weighted by atomic mass is 9.80. The Morgan fingerprint density at radius 2 is 1.88 bits per heavy atom. The molecule has 2 heterocycles. The summed E-state index contributed by atoms with van der Waals surface area (Å²) in [6, 6.07) is 8.12. The fraction of sp³-hybridized carbons (Fsp3) is 0.550. The summed E-state index contributed by atoms with van der Waals surface area (Å²) in [6.07, 6.45) is 5.85. The van der Waals surface area contributed by atoms with Gasteiger partial charge in [-0.25, -0.2) is 4.98 Å². The van der Waals surface area contributed by atoms with Gasteiger partial charge < -0.3 is 10.0 Å². The minimum absolute atomic E-state index is 0.220. The number of piperidine rings is 1. The third-order valence-corrected chi connectivity index (χ3v) is 7.01. The van der Waals surface area contributed by atoms with Gasteiger partial charge in [-0.1, -0.05) is 25.0 Å². The highest BCUT2D eigenvalue weighted by Gasteiger charge is 2.45. The standard InChI is InChI=1S/C20H24N2O3S/c23-18(24)14-7-11-22(12-8-14)19(25)20(9-3-4-10-20)13-17-21-15-5-1-2-6-16(15)26-17/h1-2,5-6,14H,3-4,7-13H2,(H,23,24). The first-order chi connectivity index (χ1) is 12.6. The van der Waals surface area contributed by atoms with Crippen LogP contribution in [0.25, 0.3) is 10.2 Å². The topological polar surface area (TPSA) is 70.5 Å². The summed E-state index contributed by atoms with van der Waals surface area (Å²) < 4.78 is 1.17. The zero-order valence-electron chi connectivity index (χ0n) is 14.8. The van der Waals surface area contributed by atoms with Crippen LogP contribution >= 0.6 is 11.3 Å². The van der Waals surface area contributed by atoms with Gasteiger partial charge in [-0.05, 0) is 37.8 Å². The van der Waals surface area contributed by atoms with E-state index < -0.39 is 5.97 Å². The molecule has 0 atom stereocenters. The van der Waals surface area contributed by atoms with Crippen LogP contribution in [-0.4, -0.2) is 40.0 Å². The molecular weight excluding hydrogens is 348 g/mol. The lowest BCUT2D eigenvalue weighted by Gasteiger charge is -2.37. The number of hydrogen-bond donors (Lipinski definition) is 1. The van der Waals surface area contributed by atoms with Gasteiger partial charge in [0, 0.05) is 19.5 Å². The van der Waals surface area contributed by atoms with Crippen molar-refractivity contribution in [1.82, 2.24) is 9.88 Å². The number of carbonyl (C=O) groups is 2. The number of amides is 1. The van der Waals surface area contributed by atoms with E-state index in [2.05, 4.69) is 6.07 Å². The first-order valence-electron chi connectivity index (χ1n) is 9.44. The highest BCUT2D eigenvalue weighted by molar-refractivity contribution is 7.18. The highest BCUT2D eigenvalue weighted by atomic mass is 32.1. The maximum atomic E-state index is 13.4. The predicted octanol–water partition coefficient (Wildman–Crippen LogP) is 3.72. The van der Waals surface area contributed by atoms with Gasteiger partial charge in [0.2, 0.25) is 5.91 Å². The molecule has 0 bridgehead atoms. The number of carbonyl (C=O) groups excluding carboxylic acids is 1. The van der Waals surface area contributed by atoms with Gasteiger partial charge in [0.15, 0.2) is 0 Å². The average molecular weight is 372 g/mol. The molecule has 1 aliphatic carbocycles. The molecule has 4 rings (SSSR count). The van der Waals surface area contributed by atoms with Crippen molar-refractivity contribution in [3.63, 3.8) is 0 Å². The normalized spacial score (nSPS) is 20.5. The number of fused-ring (bicyclic) bond motifs is 1. The summed E-state index contributed by atoms with van der Waals surface area (Å²) in [6.45, 7) is 1.13. The van der Waals surface area contributed by atoms with Crippen LogP contribution in [0, 0.1) is 11.3 Å². The van der Waals surface area contributed by atoms with Gasteiger partial charge in [-0.3, -0.25) is 9.59 Å². The zero-order chi connectivity index (χ0) is 18.1. The van der Waals surface area contributed by atoms with Gasteiger partial charge in [0.05, 0.1) is 26.6 Å². The lowest BCUT2D eigenvalue weighted by Crippen LogP contribution is -2.48. The van der Waals surface area contributed by atoms with Gasteiger partial charge in [-0.2, -0.15) is 0 Å². The average Bonchev–Trinajstić information content (AvgIpc) is 3.28. The molecule has 138 valence electrons. The number of carboxylic acids is 1. The van der Waals surface area contributed by atoms with Crippen molar-refractivity contribution >= 4 is 33.4 Å². The number of aromatic nitrogens is 1. The maximum absolute atomic E-state index is 13.4. The monoisotopic (exact) mass is 372 g/mol. The Morgan fingerprint density at radius 3 is 2.54 bits per heavy atom. The van der Waals surface area contributed by atoms with Crippen molar-refractivity contribution in [2.24, 2.45) is 11.3 Å². The summed E-state index contributed by atoms with van der Waals surface area (Å²) in [7, 11) is 0. The molecule has 1 saturated heterocycles. The fourth-order valence-corrected chi connectivity index (χ4v) is 5.58. The van der Waals surface area contributed by atoms with E-state index in [1.165, 1.54) is 4.70 Å². The first kappa shape index (κ1) is 17.5. The number of rotatable bonds is 4. The van der Waals surface area contributed by atoms with Crippen LogP contribution < -0.4 is 0 Å². The second-order valence-corrected chi connectivity index (χ2v) is 8.76. The molecule has 5 nitrogen and oxygen atoms in total. The second-order valence-electron chi connectivity index (χ2n) is 7.64. The van der Waals surface area contributed by atoms with E-state index in [4.69, 9.17) is 4.98 Å². The molecule has 26 heavy (non-hydrogen) atoms. The summed E-state index contributed by atoms with van der Waals surface area (Å²) in [5.41, 5.74) is 0.666. The fourth-order valence-electron chi connectivity index (χ4n) is 4.47. The van der Waals surface area contributed by atoms with E-state index in [9.17, 15) is 14.7 Å². The lowest BCUT2D eigenvalue weighted by molar-refractivity contribution is -0.149. The van der Waals surface area contributed by atoms with Crippen LogP contribution in [0.1, 0.15) is 43.5 Å². The van der Waals surface area contributed by atoms with Gasteiger partial charge in [0.1, 0.15) is 0 Å². The SMILES string of the molecule is O=C(O)C1CCN(C(=O)C2(Cc3nc4ccccc4s3)CCCC2)CC1. The van der Waals surface area contributed by atoms with Gasteiger partial charge in [-0.15, -0.1) is 11.3 Å². The zero-order valence-corrected chi connectivity index (χ0v) is 15.6. The number of thiazole rings is 1. The third kappa shape index (κ3) is 3.22. The summed E-state index contributed by atoms with van der Waals surface area (Å²) in [5, 5.41) is 10.2. The van der Waals surface area contributed by atoms with Gasteiger partial charge >= 0.3 is 5.97 Å². The van der Waals surface area contributed by atoms with E-state index in [-0.39, 0.29) is 17.2 Å². The van der Waals surface area contributed by atoms with Crippen molar-refractivity contribution in [3.8, 4) is 0 Å². The van der Waals surface area contributed by atoms with E-state index in [0.717, 1.165) is 36.2 Å². The highest BCUT2D eigenvalue weighted by Crippen LogP contribution is 2.44. The second kappa shape index (κ2) is 6.99. The molecule has 0 radical (unpaired) electrons. The molecule has 2 aliphatic rings. The van der Waals surface area contributed by atoms with Crippen molar-refractivity contribution in [2.45, 2.75) is 44.9 Å². The molecule has 1 aromatic carbocycles. The molecule has 1 N–H and O–H groups in total. The summed E-state index contributed by atoms with van der Waals surface area (Å²) >= 11 is 1.69. The molecular formula is C20H24N2O3S. The minimum Gasteiger partial charge on any atom is -0.481 e. The quantitative estimate of drug-likeness (QED) is 0.888. The van der Waals surface area contributed by atoms with E-state index in [1.807, 2.05) is 23.1 Å². The first-order valence-corrected chi connectivity index (χ1v) is 10.3. The van der Waals surface area contributed by atoms with Crippen LogP contribution in [0.4, 0.5) is 0 Å². The number of likely N-dealkylation sites (tertiary alicyclic amines) is 1. The van der Waals surface area contributed by atoms with Crippen LogP contribution in [0.5, 0.6) is 0 Å². The Kier molecular flexibility index (Phi) is 4.69. The number of aliphatic carboxylic acids is 1. The number of benzene rings is 1. The Hall–Kier alpha value is -1.95. The van der Waals surface area contributed by atoms with Crippen molar-refractivity contribution in [2.75, 3.05) is 13.1 Å². The molecule has 1 amide bonds. The Labute approximate surface area is 157 Å². The van der Waals surface area contributed by atoms with E-state index >= 15 is 0 Å². The van der Waals surface area contributed by atoms with E-state index in [1.54, 1.807) is 11.3 Å². The van der Waals surface area contributed by atoms with Crippen LogP contribution in [0.2, 0.25) is 0 Å². The molecule has 1 aromatic heterocycles. The minimum atomic E-state index is -0.734.